The van der Waals surface area contributed by atoms with E-state index in [0.717, 1.165) is 18.7 Å². The summed E-state index contributed by atoms with van der Waals surface area (Å²) in [5.41, 5.74) is 6.47. The van der Waals surface area contributed by atoms with Crippen LogP contribution in [-0.4, -0.2) is 70.3 Å². The molecule has 3 N–H and O–H groups in total. The first-order chi connectivity index (χ1) is 10.4. The molecule has 0 unspecified atom stereocenters. The maximum Gasteiger partial charge on any atom is 0.352 e. The van der Waals surface area contributed by atoms with Gasteiger partial charge in [0.25, 0.3) is 0 Å². The molecule has 2 aliphatic heterocycles. The van der Waals surface area contributed by atoms with Gasteiger partial charge in [-0.15, -0.1) is 23.5 Å². The van der Waals surface area contributed by atoms with E-state index in [1.165, 1.54) is 16.7 Å². The Morgan fingerprint density at radius 3 is 2.95 bits per heavy atom. The smallest absolute Gasteiger partial charge is 0.352 e. The van der Waals surface area contributed by atoms with Gasteiger partial charge in [-0.1, -0.05) is 0 Å². The van der Waals surface area contributed by atoms with Gasteiger partial charge in [-0.2, -0.15) is 0 Å². The molecule has 0 radical (unpaired) electrons. The molecule has 2 atom stereocenters. The van der Waals surface area contributed by atoms with E-state index in [-0.39, 0.29) is 17.0 Å². The molecule has 0 aromatic heterocycles. The minimum atomic E-state index is -1.07. The molecule has 0 aromatic rings. The Labute approximate surface area is 138 Å². The average Bonchev–Trinajstić information content (AvgIpc) is 2.48. The fourth-order valence-electron chi connectivity index (χ4n) is 2.33. The van der Waals surface area contributed by atoms with E-state index in [9.17, 15) is 14.7 Å². The predicted molar refractivity (Wildman–Crippen MR) is 90.5 cm³/mol. The van der Waals surface area contributed by atoms with Crippen molar-refractivity contribution in [2.75, 3.05) is 32.1 Å². The van der Waals surface area contributed by atoms with Crippen LogP contribution < -0.4 is 5.73 Å². The Morgan fingerprint density at radius 1 is 1.59 bits per heavy atom. The Bertz CT molecular complexity index is 519. The molecule has 0 saturated carbocycles. The SMILES string of the molecule is CN(C)CCCS/C=C/C1=C(C(=O)O)N2C(=O)[C@@H](N)[C@H]2SC1. The first kappa shape index (κ1) is 17.4. The standard InChI is InChI=1S/C14H21N3O3S2/c1-16(2)5-3-6-21-7-4-9-8-22-13-10(15)12(18)17(13)11(9)14(19)20/h4,7,10,13H,3,5-6,8,15H2,1-2H3,(H,19,20)/b7-4+/t10-,13-/m1/s1. The van der Waals surface area contributed by atoms with Crippen LogP contribution in [0.25, 0.3) is 0 Å². The predicted octanol–water partition coefficient (Wildman–Crippen LogP) is 0.766. The number of allylic oxidation sites excluding steroid dienone is 1. The van der Waals surface area contributed by atoms with Crippen molar-refractivity contribution in [2.45, 2.75) is 17.8 Å². The Kier molecular flexibility index (Phi) is 5.96. The van der Waals surface area contributed by atoms with Gasteiger partial charge in [0.05, 0.1) is 0 Å². The number of carboxylic acid groups (broad SMARTS) is 1. The highest BCUT2D eigenvalue weighted by molar-refractivity contribution is 8.02. The molecule has 2 rings (SSSR count). The van der Waals surface area contributed by atoms with Crippen LogP contribution in [0, 0.1) is 0 Å². The van der Waals surface area contributed by atoms with Gasteiger partial charge in [-0.25, -0.2) is 4.79 Å². The van der Waals surface area contributed by atoms with Gasteiger partial charge < -0.3 is 15.7 Å². The van der Waals surface area contributed by atoms with Crippen molar-refractivity contribution in [3.8, 4) is 0 Å². The number of carboxylic acids is 1. The van der Waals surface area contributed by atoms with Gasteiger partial charge in [0.2, 0.25) is 5.91 Å². The van der Waals surface area contributed by atoms with Crippen molar-refractivity contribution in [1.29, 1.82) is 0 Å². The normalized spacial score (nSPS) is 24.9. The molecule has 1 fully saturated rings. The van der Waals surface area contributed by atoms with Crippen LogP contribution in [0.1, 0.15) is 6.42 Å². The first-order valence-corrected chi connectivity index (χ1v) is 9.13. The third-order valence-electron chi connectivity index (χ3n) is 3.47. The minimum absolute atomic E-state index is 0.0839. The quantitative estimate of drug-likeness (QED) is 0.521. The number of β-lactam (4-membered cyclic amide) rings is 1. The van der Waals surface area contributed by atoms with Crippen molar-refractivity contribution in [3.05, 3.63) is 22.8 Å². The number of nitrogens with two attached hydrogens (primary N) is 1. The lowest BCUT2D eigenvalue weighted by atomic mass is 10.0. The summed E-state index contributed by atoms with van der Waals surface area (Å²) >= 11 is 3.17. The van der Waals surface area contributed by atoms with E-state index >= 15 is 0 Å². The topological polar surface area (TPSA) is 86.9 Å². The number of fused-ring (bicyclic) bond motifs is 1. The highest BCUT2D eigenvalue weighted by Gasteiger charge is 2.51. The molecule has 1 saturated heterocycles. The van der Waals surface area contributed by atoms with Crippen molar-refractivity contribution in [1.82, 2.24) is 9.80 Å². The summed E-state index contributed by atoms with van der Waals surface area (Å²) in [6.45, 7) is 1.03. The van der Waals surface area contributed by atoms with Gasteiger partial charge in [-0.3, -0.25) is 9.69 Å². The van der Waals surface area contributed by atoms with Crippen LogP contribution in [0.4, 0.5) is 0 Å². The van der Waals surface area contributed by atoms with Crippen LogP contribution in [0.5, 0.6) is 0 Å². The molecule has 8 heteroatoms. The summed E-state index contributed by atoms with van der Waals surface area (Å²) in [5, 5.41) is 11.1. The molecule has 6 nitrogen and oxygen atoms in total. The maximum absolute atomic E-state index is 11.8. The number of carbonyl (C=O) groups excluding carboxylic acids is 1. The van der Waals surface area contributed by atoms with Crippen LogP contribution >= 0.6 is 23.5 Å². The van der Waals surface area contributed by atoms with Gasteiger partial charge in [0.15, 0.2) is 0 Å². The second-order valence-electron chi connectivity index (χ2n) is 5.44. The molecular weight excluding hydrogens is 322 g/mol. The Hall–Kier alpha value is -0.960. The van der Waals surface area contributed by atoms with E-state index < -0.39 is 12.0 Å². The number of aliphatic carboxylic acids is 1. The summed E-state index contributed by atoms with van der Waals surface area (Å²) in [7, 11) is 4.07. The largest absolute Gasteiger partial charge is 0.477 e. The van der Waals surface area contributed by atoms with E-state index in [1.54, 1.807) is 11.8 Å². The number of hydrogen-bond donors (Lipinski definition) is 2. The lowest BCUT2D eigenvalue weighted by Crippen LogP contribution is -2.68. The fraction of sp³-hybridized carbons (Fsp3) is 0.571. The summed E-state index contributed by atoms with van der Waals surface area (Å²) in [5.74, 6) is 0.175. The van der Waals surface area contributed by atoms with Gasteiger partial charge in [-0.05, 0) is 49.9 Å². The monoisotopic (exact) mass is 343 g/mol. The van der Waals surface area contributed by atoms with Gasteiger partial charge >= 0.3 is 5.97 Å². The van der Waals surface area contributed by atoms with Crippen LogP contribution in [0.15, 0.2) is 22.8 Å². The number of hydrogen-bond acceptors (Lipinski definition) is 6. The third-order valence-corrected chi connectivity index (χ3v) is 5.65. The fourth-order valence-corrected chi connectivity index (χ4v) is 4.29. The van der Waals surface area contributed by atoms with Gasteiger partial charge in [0.1, 0.15) is 17.1 Å². The number of carbonyl (C=O) groups is 2. The summed E-state index contributed by atoms with van der Waals surface area (Å²) in [6, 6.07) is -0.578. The molecule has 0 bridgehead atoms. The zero-order valence-electron chi connectivity index (χ0n) is 12.7. The van der Waals surface area contributed by atoms with Crippen LogP contribution in [0.2, 0.25) is 0 Å². The average molecular weight is 343 g/mol. The van der Waals surface area contributed by atoms with E-state index in [2.05, 4.69) is 4.90 Å². The highest BCUT2D eigenvalue weighted by Crippen LogP contribution is 2.39. The minimum Gasteiger partial charge on any atom is -0.477 e. The summed E-state index contributed by atoms with van der Waals surface area (Å²) in [6.07, 6.45) is 2.88. The molecular formula is C14H21N3O3S2. The van der Waals surface area contributed by atoms with Gasteiger partial charge in [0, 0.05) is 5.75 Å². The van der Waals surface area contributed by atoms with Crippen molar-refractivity contribution >= 4 is 35.4 Å². The number of rotatable bonds is 7. The second-order valence-corrected chi connectivity index (χ2v) is 7.56. The molecule has 2 heterocycles. The second kappa shape index (κ2) is 7.54. The molecule has 1 amide bonds. The number of amides is 1. The van der Waals surface area contributed by atoms with E-state index in [0.29, 0.717) is 11.3 Å². The molecule has 22 heavy (non-hydrogen) atoms. The molecule has 0 aromatic carbocycles. The zero-order valence-corrected chi connectivity index (χ0v) is 14.3. The van der Waals surface area contributed by atoms with Crippen molar-refractivity contribution < 1.29 is 14.7 Å². The van der Waals surface area contributed by atoms with Crippen LogP contribution in [0.3, 0.4) is 0 Å². The van der Waals surface area contributed by atoms with Crippen LogP contribution in [-0.2, 0) is 9.59 Å². The highest BCUT2D eigenvalue weighted by atomic mass is 32.2. The molecule has 122 valence electrons. The lowest BCUT2D eigenvalue weighted by molar-refractivity contribution is -0.147. The third kappa shape index (κ3) is 3.68. The lowest BCUT2D eigenvalue weighted by Gasteiger charge is -2.47. The van der Waals surface area contributed by atoms with Crippen molar-refractivity contribution in [2.24, 2.45) is 5.73 Å². The molecule has 0 spiro atoms. The summed E-state index contributed by atoms with van der Waals surface area (Å²) in [4.78, 5) is 26.7. The van der Waals surface area contributed by atoms with E-state index in [4.69, 9.17) is 5.73 Å². The maximum atomic E-state index is 11.8. The number of nitrogens with zero attached hydrogens (tertiary/aromatic N) is 2. The Morgan fingerprint density at radius 2 is 2.32 bits per heavy atom. The Balaban J connectivity index is 1.98. The van der Waals surface area contributed by atoms with E-state index in [1.807, 2.05) is 25.6 Å². The number of thioether (sulfide) groups is 2. The summed E-state index contributed by atoms with van der Waals surface area (Å²) < 4.78 is 0. The zero-order chi connectivity index (χ0) is 16.3. The molecule has 2 aliphatic rings. The first-order valence-electron chi connectivity index (χ1n) is 7.03. The molecule has 0 aliphatic carbocycles. The van der Waals surface area contributed by atoms with Crippen molar-refractivity contribution in [3.63, 3.8) is 0 Å².